The summed E-state index contributed by atoms with van der Waals surface area (Å²) >= 11 is 0. The number of rotatable bonds is 9. The third-order valence-corrected chi connectivity index (χ3v) is 6.23. The smallest absolute Gasteiger partial charge is 0.416 e. The minimum Gasteiger partial charge on any atom is -0.493 e. The summed E-state index contributed by atoms with van der Waals surface area (Å²) in [6.07, 6.45) is -10.1. The first kappa shape index (κ1) is 32.2. The third kappa shape index (κ3) is 8.22. The summed E-state index contributed by atoms with van der Waals surface area (Å²) in [5.74, 6) is 1.91. The molecule has 0 spiro atoms. The number of halogens is 6. The summed E-state index contributed by atoms with van der Waals surface area (Å²) in [6, 6.07) is 11.1. The van der Waals surface area contributed by atoms with Crippen LogP contribution in [0.25, 0.3) is 10.9 Å². The number of carbonyl (C=O) groups excluding carboxylic acids is 1. The molecule has 234 valence electrons. The molecule has 0 saturated carbocycles. The third-order valence-electron chi connectivity index (χ3n) is 6.23. The van der Waals surface area contributed by atoms with Gasteiger partial charge in [-0.15, -0.1) is 0 Å². The van der Waals surface area contributed by atoms with E-state index in [0.717, 1.165) is 11.9 Å². The Balaban J connectivity index is 1.45. The first-order valence-electron chi connectivity index (χ1n) is 13.0. The van der Waals surface area contributed by atoms with E-state index < -0.39 is 35.2 Å². The maximum absolute atomic E-state index is 13.1. The van der Waals surface area contributed by atoms with E-state index in [1.807, 2.05) is 24.3 Å². The summed E-state index contributed by atoms with van der Waals surface area (Å²) in [7, 11) is 5.42. The Kier molecular flexibility index (Phi) is 9.42. The molecule has 0 aliphatic heterocycles. The van der Waals surface area contributed by atoms with Gasteiger partial charge in [-0.3, -0.25) is 0 Å². The van der Waals surface area contributed by atoms with Crippen LogP contribution in [0.1, 0.15) is 16.8 Å². The zero-order valence-electron chi connectivity index (χ0n) is 24.0. The van der Waals surface area contributed by atoms with Crippen LogP contribution in [0, 0.1) is 6.92 Å². The number of nitrogens with zero attached hydrogens (tertiary/aromatic N) is 2. The second-order valence-corrected chi connectivity index (χ2v) is 9.92. The van der Waals surface area contributed by atoms with Crippen LogP contribution in [0.2, 0.25) is 0 Å². The number of likely N-dealkylation sites (N-methyl/N-ethyl adjacent to an activating group) is 1. The van der Waals surface area contributed by atoms with Crippen LogP contribution in [0.4, 0.5) is 42.5 Å². The SMILES string of the molecule is COc1cc2cc(Oc3ccc(NC(=O)Nc4cc(C(F)(F)F)cc(C(F)(F)F)c4)cc3)c(C)nc2cc1OCCN(C)C. The van der Waals surface area contributed by atoms with Crippen molar-refractivity contribution in [2.75, 3.05) is 45.0 Å². The molecule has 0 bridgehead atoms. The van der Waals surface area contributed by atoms with Gasteiger partial charge in [-0.05, 0) is 75.6 Å². The van der Waals surface area contributed by atoms with Gasteiger partial charge in [0, 0.05) is 29.4 Å². The van der Waals surface area contributed by atoms with E-state index >= 15 is 0 Å². The molecule has 4 aromatic rings. The topological polar surface area (TPSA) is 85.0 Å². The molecule has 4 rings (SSSR count). The molecule has 0 radical (unpaired) electrons. The highest BCUT2D eigenvalue weighted by molar-refractivity contribution is 5.99. The molecular weight excluding hydrogens is 594 g/mol. The van der Waals surface area contributed by atoms with Gasteiger partial charge in [0.25, 0.3) is 0 Å². The van der Waals surface area contributed by atoms with Crippen molar-refractivity contribution in [3.63, 3.8) is 0 Å². The van der Waals surface area contributed by atoms with Gasteiger partial charge < -0.3 is 29.7 Å². The number of benzene rings is 3. The molecule has 0 atom stereocenters. The predicted molar refractivity (Wildman–Crippen MR) is 153 cm³/mol. The lowest BCUT2D eigenvalue weighted by molar-refractivity contribution is -0.143. The van der Waals surface area contributed by atoms with Crippen LogP contribution in [-0.2, 0) is 12.4 Å². The summed E-state index contributed by atoms with van der Waals surface area (Å²) in [5.41, 5.74) is -2.30. The van der Waals surface area contributed by atoms with Gasteiger partial charge in [0.1, 0.15) is 18.1 Å². The molecule has 14 heteroatoms. The van der Waals surface area contributed by atoms with Crippen LogP contribution in [0.3, 0.4) is 0 Å². The number of anilines is 2. The predicted octanol–water partition coefficient (Wildman–Crippen LogP) is 7.97. The first-order chi connectivity index (χ1) is 20.6. The van der Waals surface area contributed by atoms with Crippen LogP contribution in [0.15, 0.2) is 60.7 Å². The fourth-order valence-electron chi connectivity index (χ4n) is 4.03. The molecule has 0 aliphatic rings. The maximum atomic E-state index is 13.1. The van der Waals surface area contributed by atoms with Crippen LogP contribution >= 0.6 is 0 Å². The largest absolute Gasteiger partial charge is 0.493 e. The summed E-state index contributed by atoms with van der Waals surface area (Å²) in [4.78, 5) is 19.0. The lowest BCUT2D eigenvalue weighted by Gasteiger charge is -2.16. The summed E-state index contributed by atoms with van der Waals surface area (Å²) < 4.78 is 95.9. The normalized spacial score (nSPS) is 11.9. The number of aromatic nitrogens is 1. The van der Waals surface area contributed by atoms with Crippen molar-refractivity contribution in [1.82, 2.24) is 9.88 Å². The van der Waals surface area contributed by atoms with Crippen molar-refractivity contribution in [3.8, 4) is 23.0 Å². The zero-order valence-corrected chi connectivity index (χ0v) is 24.0. The summed E-state index contributed by atoms with van der Waals surface area (Å²) in [5, 5.41) is 5.11. The number of fused-ring (bicyclic) bond motifs is 1. The molecule has 8 nitrogen and oxygen atoms in total. The van der Waals surface area contributed by atoms with E-state index in [-0.39, 0.29) is 11.8 Å². The highest BCUT2D eigenvalue weighted by atomic mass is 19.4. The number of alkyl halides is 6. The van der Waals surface area contributed by atoms with Crippen molar-refractivity contribution in [2.45, 2.75) is 19.3 Å². The van der Waals surface area contributed by atoms with E-state index in [1.54, 1.807) is 25.1 Å². The molecule has 2 N–H and O–H groups in total. The molecule has 0 aliphatic carbocycles. The van der Waals surface area contributed by atoms with Gasteiger partial charge in [-0.2, -0.15) is 26.3 Å². The molecule has 3 aromatic carbocycles. The maximum Gasteiger partial charge on any atom is 0.416 e. The molecule has 0 fully saturated rings. The van der Waals surface area contributed by atoms with Gasteiger partial charge in [-0.25, -0.2) is 9.78 Å². The molecule has 0 unspecified atom stereocenters. The molecule has 2 amide bonds. The van der Waals surface area contributed by atoms with Crippen LogP contribution < -0.4 is 24.8 Å². The molecular formula is C30H28F6N4O4. The standard InChI is InChI=1S/C30H28F6N4O4/c1-17-25(11-18-12-26(42-4)27(16-24(18)37-17)43-10-9-40(2)3)44-23-7-5-21(6-8-23)38-28(41)39-22-14-19(29(31,32)33)13-20(15-22)30(34,35)36/h5-8,11-16H,9-10H2,1-4H3,(H2,38,39,41). The van der Waals surface area contributed by atoms with E-state index in [1.165, 1.54) is 31.4 Å². The second kappa shape index (κ2) is 12.9. The van der Waals surface area contributed by atoms with E-state index in [9.17, 15) is 31.1 Å². The minimum atomic E-state index is -5.04. The van der Waals surface area contributed by atoms with Crippen molar-refractivity contribution in [1.29, 1.82) is 0 Å². The Morgan fingerprint density at radius 1 is 0.818 bits per heavy atom. The monoisotopic (exact) mass is 622 g/mol. The number of nitrogens with one attached hydrogen (secondary N) is 2. The second-order valence-electron chi connectivity index (χ2n) is 9.92. The lowest BCUT2D eigenvalue weighted by atomic mass is 10.1. The average molecular weight is 623 g/mol. The van der Waals surface area contributed by atoms with Gasteiger partial charge >= 0.3 is 18.4 Å². The first-order valence-corrected chi connectivity index (χ1v) is 13.0. The van der Waals surface area contributed by atoms with Gasteiger partial charge in [-0.1, -0.05) is 0 Å². The quantitative estimate of drug-likeness (QED) is 0.184. The molecule has 0 saturated heterocycles. The fourth-order valence-corrected chi connectivity index (χ4v) is 4.03. The number of urea groups is 1. The number of ether oxygens (including phenoxy) is 3. The highest BCUT2D eigenvalue weighted by Crippen LogP contribution is 2.38. The number of pyridine rings is 1. The number of aryl methyl sites for hydroxylation is 1. The van der Waals surface area contributed by atoms with Crippen molar-refractivity contribution >= 4 is 28.3 Å². The Hall–Kier alpha value is -4.72. The Morgan fingerprint density at radius 2 is 1.41 bits per heavy atom. The van der Waals surface area contributed by atoms with Crippen molar-refractivity contribution in [2.24, 2.45) is 0 Å². The number of carbonyl (C=O) groups is 1. The molecule has 44 heavy (non-hydrogen) atoms. The van der Waals surface area contributed by atoms with Gasteiger partial charge in [0.05, 0.1) is 29.4 Å². The Labute approximate surface area is 248 Å². The van der Waals surface area contributed by atoms with E-state index in [0.29, 0.717) is 52.9 Å². The van der Waals surface area contributed by atoms with Crippen LogP contribution in [-0.4, -0.2) is 50.3 Å². The molecule has 1 heterocycles. The zero-order chi connectivity index (χ0) is 32.2. The van der Waals surface area contributed by atoms with E-state index in [4.69, 9.17) is 14.2 Å². The summed E-state index contributed by atoms with van der Waals surface area (Å²) in [6.45, 7) is 2.95. The minimum absolute atomic E-state index is 0.0235. The van der Waals surface area contributed by atoms with Crippen molar-refractivity contribution in [3.05, 3.63) is 77.5 Å². The fraction of sp³-hybridized carbons (Fsp3) is 0.267. The number of hydrogen-bond donors (Lipinski definition) is 2. The molecule has 1 aromatic heterocycles. The Morgan fingerprint density at radius 3 is 1.98 bits per heavy atom. The van der Waals surface area contributed by atoms with Gasteiger partial charge in [0.15, 0.2) is 11.5 Å². The van der Waals surface area contributed by atoms with Gasteiger partial charge in [0.2, 0.25) is 0 Å². The van der Waals surface area contributed by atoms with Crippen LogP contribution in [0.5, 0.6) is 23.0 Å². The number of amides is 2. The number of hydrogen-bond acceptors (Lipinski definition) is 6. The van der Waals surface area contributed by atoms with E-state index in [2.05, 4.69) is 10.3 Å². The number of methoxy groups -OCH3 is 1. The average Bonchev–Trinajstić information content (AvgIpc) is 2.93. The Bertz CT molecular complexity index is 1610. The lowest BCUT2D eigenvalue weighted by Crippen LogP contribution is -2.20. The van der Waals surface area contributed by atoms with Crippen molar-refractivity contribution < 1.29 is 45.3 Å². The highest BCUT2D eigenvalue weighted by Gasteiger charge is 2.37.